The largest absolute Gasteiger partial charge is 0.207 e. The Balaban J connectivity index is 3.07. The van der Waals surface area contributed by atoms with Gasteiger partial charge in [0.2, 0.25) is 0 Å². The van der Waals surface area contributed by atoms with Crippen LogP contribution in [0.15, 0.2) is 12.1 Å². The van der Waals surface area contributed by atoms with Gasteiger partial charge in [-0.3, -0.25) is 0 Å². The molecule has 2 atom stereocenters. The molecule has 1 aromatic rings. The van der Waals surface area contributed by atoms with E-state index in [1.807, 2.05) is 13.8 Å². The second-order valence-electron chi connectivity index (χ2n) is 4.01. The molecule has 0 aliphatic heterocycles. The summed E-state index contributed by atoms with van der Waals surface area (Å²) in [5.74, 6) is -0.964. The summed E-state index contributed by atoms with van der Waals surface area (Å²) in [6.07, 6.45) is 0.720. The molecule has 0 amide bonds. The maximum Gasteiger partial charge on any atom is 0.132 e. The van der Waals surface area contributed by atoms with Gasteiger partial charge in [0, 0.05) is 10.4 Å². The van der Waals surface area contributed by atoms with Gasteiger partial charge in [-0.2, -0.15) is 0 Å². The zero-order valence-corrected chi connectivity index (χ0v) is 10.7. The number of hydrogen-bond acceptors (Lipinski definition) is 0. The topological polar surface area (TPSA) is 0 Å². The first-order valence-corrected chi connectivity index (χ1v) is 5.93. The number of aryl methyl sites for hydroxylation is 1. The number of rotatable bonds is 3. The van der Waals surface area contributed by atoms with Crippen LogP contribution in [0.5, 0.6) is 0 Å². The highest BCUT2D eigenvalue weighted by molar-refractivity contribution is 9.09. The van der Waals surface area contributed by atoms with Crippen molar-refractivity contribution in [2.45, 2.75) is 37.9 Å². The molecule has 0 aromatic heterocycles. The normalized spacial score (nSPS) is 15.1. The van der Waals surface area contributed by atoms with E-state index in [0.29, 0.717) is 5.56 Å². The molecule has 0 aliphatic rings. The van der Waals surface area contributed by atoms with E-state index in [4.69, 9.17) is 0 Å². The molecule has 0 fully saturated rings. The fourth-order valence-electron chi connectivity index (χ4n) is 1.74. The van der Waals surface area contributed by atoms with E-state index < -0.39 is 11.6 Å². The predicted molar refractivity (Wildman–Crippen MR) is 62.5 cm³/mol. The Kier molecular flexibility index (Phi) is 4.26. The SMILES string of the molecule is Cc1ccc(F)c(C(C)CC(C)Br)c1F. The smallest absolute Gasteiger partial charge is 0.132 e. The summed E-state index contributed by atoms with van der Waals surface area (Å²) >= 11 is 3.40. The third-order valence-electron chi connectivity index (χ3n) is 2.49. The van der Waals surface area contributed by atoms with E-state index in [9.17, 15) is 8.78 Å². The van der Waals surface area contributed by atoms with Crippen molar-refractivity contribution in [3.63, 3.8) is 0 Å². The van der Waals surface area contributed by atoms with Crippen LogP contribution in [0.4, 0.5) is 8.78 Å². The molecule has 1 aromatic carbocycles. The van der Waals surface area contributed by atoms with Crippen LogP contribution < -0.4 is 0 Å². The highest BCUT2D eigenvalue weighted by atomic mass is 79.9. The van der Waals surface area contributed by atoms with Crippen molar-refractivity contribution >= 4 is 15.9 Å². The van der Waals surface area contributed by atoms with Crippen LogP contribution in [-0.2, 0) is 0 Å². The van der Waals surface area contributed by atoms with E-state index in [0.717, 1.165) is 6.42 Å². The summed E-state index contributed by atoms with van der Waals surface area (Å²) in [5.41, 5.74) is 0.710. The Morgan fingerprint density at radius 3 is 2.40 bits per heavy atom. The quantitative estimate of drug-likeness (QED) is 0.711. The van der Waals surface area contributed by atoms with Gasteiger partial charge in [-0.1, -0.05) is 35.8 Å². The van der Waals surface area contributed by atoms with Gasteiger partial charge in [0.15, 0.2) is 0 Å². The summed E-state index contributed by atoms with van der Waals surface area (Å²) in [6.45, 7) is 5.48. The van der Waals surface area contributed by atoms with Crippen LogP contribution in [0.3, 0.4) is 0 Å². The molecule has 0 spiro atoms. The third kappa shape index (κ3) is 3.00. The van der Waals surface area contributed by atoms with Crippen LogP contribution in [0.25, 0.3) is 0 Å². The average molecular weight is 277 g/mol. The van der Waals surface area contributed by atoms with E-state index in [1.165, 1.54) is 12.1 Å². The van der Waals surface area contributed by atoms with Gasteiger partial charge in [0.25, 0.3) is 0 Å². The molecule has 0 saturated heterocycles. The van der Waals surface area contributed by atoms with Crippen molar-refractivity contribution < 1.29 is 8.78 Å². The summed E-state index contributed by atoms with van der Waals surface area (Å²) < 4.78 is 27.2. The second-order valence-corrected chi connectivity index (χ2v) is 5.57. The average Bonchev–Trinajstić information content (AvgIpc) is 2.11. The van der Waals surface area contributed by atoms with Gasteiger partial charge in [0.1, 0.15) is 11.6 Å². The third-order valence-corrected chi connectivity index (χ3v) is 2.86. The van der Waals surface area contributed by atoms with Crippen molar-refractivity contribution in [1.82, 2.24) is 0 Å². The Morgan fingerprint density at radius 1 is 1.27 bits per heavy atom. The first kappa shape index (κ1) is 12.6. The molecular formula is C12H15BrF2. The molecule has 1 rings (SSSR count). The van der Waals surface area contributed by atoms with Crippen LogP contribution in [-0.4, -0.2) is 4.83 Å². The van der Waals surface area contributed by atoms with Gasteiger partial charge < -0.3 is 0 Å². The standard InChI is InChI=1S/C12H15BrF2/c1-7-4-5-10(14)11(12(7)15)8(2)6-9(3)13/h4-5,8-9H,6H2,1-3H3. The Labute approximate surface area is 97.8 Å². The molecular weight excluding hydrogens is 262 g/mol. The van der Waals surface area contributed by atoms with Gasteiger partial charge in [0.05, 0.1) is 0 Å². The number of hydrogen-bond donors (Lipinski definition) is 0. The zero-order valence-electron chi connectivity index (χ0n) is 9.15. The number of halogens is 3. The van der Waals surface area contributed by atoms with Gasteiger partial charge in [-0.15, -0.1) is 0 Å². The molecule has 0 saturated carbocycles. The maximum absolute atomic E-state index is 13.7. The second kappa shape index (κ2) is 5.06. The van der Waals surface area contributed by atoms with Crippen molar-refractivity contribution in [1.29, 1.82) is 0 Å². The molecule has 0 radical (unpaired) electrons. The highest BCUT2D eigenvalue weighted by Gasteiger charge is 2.18. The molecule has 0 bridgehead atoms. The van der Waals surface area contributed by atoms with Gasteiger partial charge >= 0.3 is 0 Å². The lowest BCUT2D eigenvalue weighted by Gasteiger charge is -2.16. The van der Waals surface area contributed by atoms with Crippen molar-refractivity contribution in [3.05, 3.63) is 34.9 Å². The van der Waals surface area contributed by atoms with Crippen LogP contribution in [0, 0.1) is 18.6 Å². The van der Waals surface area contributed by atoms with Crippen LogP contribution in [0.2, 0.25) is 0 Å². The van der Waals surface area contributed by atoms with Gasteiger partial charge in [-0.05, 0) is 30.9 Å². The maximum atomic E-state index is 13.7. The van der Waals surface area contributed by atoms with Gasteiger partial charge in [-0.25, -0.2) is 8.78 Å². The molecule has 3 heteroatoms. The highest BCUT2D eigenvalue weighted by Crippen LogP contribution is 2.29. The Morgan fingerprint density at radius 2 is 1.87 bits per heavy atom. The minimum atomic E-state index is -0.446. The molecule has 0 nitrogen and oxygen atoms in total. The zero-order chi connectivity index (χ0) is 11.6. The molecule has 15 heavy (non-hydrogen) atoms. The van der Waals surface area contributed by atoms with E-state index in [-0.39, 0.29) is 16.3 Å². The van der Waals surface area contributed by atoms with E-state index in [2.05, 4.69) is 15.9 Å². The van der Waals surface area contributed by atoms with Crippen molar-refractivity contribution in [3.8, 4) is 0 Å². The van der Waals surface area contributed by atoms with Crippen molar-refractivity contribution in [2.75, 3.05) is 0 Å². The monoisotopic (exact) mass is 276 g/mol. The fraction of sp³-hybridized carbons (Fsp3) is 0.500. The summed E-state index contributed by atoms with van der Waals surface area (Å²) in [7, 11) is 0. The Bertz CT molecular complexity index is 348. The summed E-state index contributed by atoms with van der Waals surface area (Å²) in [4.78, 5) is 0.256. The molecule has 0 N–H and O–H groups in total. The lowest BCUT2D eigenvalue weighted by atomic mass is 9.94. The summed E-state index contributed by atoms with van der Waals surface area (Å²) in [6, 6.07) is 2.81. The van der Waals surface area contributed by atoms with Crippen LogP contribution >= 0.6 is 15.9 Å². The van der Waals surface area contributed by atoms with Crippen LogP contribution in [0.1, 0.15) is 37.3 Å². The molecule has 2 unspecified atom stereocenters. The summed E-state index contributed by atoms with van der Waals surface area (Å²) in [5, 5.41) is 0. The number of benzene rings is 1. The first-order valence-electron chi connectivity index (χ1n) is 5.02. The van der Waals surface area contributed by atoms with Crippen molar-refractivity contribution in [2.24, 2.45) is 0 Å². The first-order chi connectivity index (χ1) is 6.93. The fourth-order valence-corrected chi connectivity index (χ4v) is 2.30. The lowest BCUT2D eigenvalue weighted by Crippen LogP contribution is -2.06. The predicted octanol–water partition coefficient (Wildman–Crippen LogP) is 4.55. The van der Waals surface area contributed by atoms with E-state index in [1.54, 1.807) is 6.92 Å². The van der Waals surface area contributed by atoms with E-state index >= 15 is 0 Å². The molecule has 0 aliphatic carbocycles. The lowest BCUT2D eigenvalue weighted by molar-refractivity contribution is 0.517. The minimum absolute atomic E-state index is 0.112. The molecule has 0 heterocycles. The number of alkyl halides is 1. The minimum Gasteiger partial charge on any atom is -0.207 e. The molecule has 84 valence electrons. The Hall–Kier alpha value is -0.440.